The van der Waals surface area contributed by atoms with Crippen molar-refractivity contribution < 1.29 is 23.0 Å². The fraction of sp³-hybridized carbons (Fsp3) is 0.435. The van der Waals surface area contributed by atoms with Crippen LogP contribution in [0.25, 0.3) is 0 Å². The Labute approximate surface area is 164 Å². The standard InChI is InChI=1S/C23H26F2O3/c1-2-3-16-4-6-17(7-5-16)18-8-12-20(13-9-18)27-22(26)19-10-14-21(15-11-19)28-23(24)25/h8-17,23H,2-7H2,1H3/t16-,17-. The first-order chi connectivity index (χ1) is 13.5. The highest BCUT2D eigenvalue weighted by atomic mass is 19.3. The van der Waals surface area contributed by atoms with Crippen molar-refractivity contribution in [2.24, 2.45) is 5.92 Å². The van der Waals surface area contributed by atoms with Crippen molar-refractivity contribution in [1.82, 2.24) is 0 Å². The summed E-state index contributed by atoms with van der Waals surface area (Å²) in [7, 11) is 0. The summed E-state index contributed by atoms with van der Waals surface area (Å²) >= 11 is 0. The quantitative estimate of drug-likeness (QED) is 0.397. The number of hydrogen-bond donors (Lipinski definition) is 0. The van der Waals surface area contributed by atoms with Gasteiger partial charge in [0.05, 0.1) is 5.56 Å². The van der Waals surface area contributed by atoms with Gasteiger partial charge in [-0.3, -0.25) is 0 Å². The molecule has 2 aromatic rings. The van der Waals surface area contributed by atoms with E-state index in [0.29, 0.717) is 11.7 Å². The van der Waals surface area contributed by atoms with Gasteiger partial charge in [0.25, 0.3) is 0 Å². The summed E-state index contributed by atoms with van der Waals surface area (Å²) in [5.74, 6) is 1.40. The van der Waals surface area contributed by atoms with Gasteiger partial charge in [-0.25, -0.2) is 4.79 Å². The largest absolute Gasteiger partial charge is 0.435 e. The topological polar surface area (TPSA) is 35.5 Å². The van der Waals surface area contributed by atoms with Gasteiger partial charge in [-0.2, -0.15) is 8.78 Å². The van der Waals surface area contributed by atoms with Gasteiger partial charge >= 0.3 is 12.6 Å². The molecule has 1 saturated carbocycles. The number of alkyl halides is 2. The van der Waals surface area contributed by atoms with Crippen LogP contribution in [0.2, 0.25) is 0 Å². The van der Waals surface area contributed by atoms with Crippen LogP contribution in [0.3, 0.4) is 0 Å². The van der Waals surface area contributed by atoms with Crippen molar-refractivity contribution in [3.63, 3.8) is 0 Å². The van der Waals surface area contributed by atoms with Crippen molar-refractivity contribution in [3.05, 3.63) is 59.7 Å². The van der Waals surface area contributed by atoms with Gasteiger partial charge < -0.3 is 9.47 Å². The number of ether oxygens (including phenoxy) is 2. The number of esters is 1. The molecule has 5 heteroatoms. The Kier molecular flexibility index (Phi) is 7.01. The highest BCUT2D eigenvalue weighted by Crippen LogP contribution is 2.37. The van der Waals surface area contributed by atoms with Crippen molar-refractivity contribution in [2.45, 2.75) is 58.0 Å². The van der Waals surface area contributed by atoms with Crippen LogP contribution in [-0.4, -0.2) is 12.6 Å². The van der Waals surface area contributed by atoms with Crippen LogP contribution in [0.15, 0.2) is 48.5 Å². The minimum atomic E-state index is -2.89. The molecule has 0 radical (unpaired) electrons. The molecular weight excluding hydrogens is 362 g/mol. The minimum absolute atomic E-state index is 0.00422. The molecule has 0 bridgehead atoms. The normalized spacial score (nSPS) is 19.4. The maximum atomic E-state index is 12.2. The average molecular weight is 388 g/mol. The van der Waals surface area contributed by atoms with Gasteiger partial charge in [0, 0.05) is 0 Å². The van der Waals surface area contributed by atoms with Crippen molar-refractivity contribution in [1.29, 1.82) is 0 Å². The fourth-order valence-corrected chi connectivity index (χ4v) is 3.94. The molecule has 3 rings (SSSR count). The molecule has 3 nitrogen and oxygen atoms in total. The number of carbonyl (C=O) groups excluding carboxylic acids is 1. The van der Waals surface area contributed by atoms with E-state index in [4.69, 9.17) is 4.74 Å². The molecule has 0 aliphatic heterocycles. The van der Waals surface area contributed by atoms with Crippen LogP contribution >= 0.6 is 0 Å². The van der Waals surface area contributed by atoms with E-state index in [1.807, 2.05) is 24.3 Å². The molecule has 0 saturated heterocycles. The van der Waals surface area contributed by atoms with Crippen molar-refractivity contribution >= 4 is 5.97 Å². The second-order valence-corrected chi connectivity index (χ2v) is 7.37. The molecule has 0 spiro atoms. The van der Waals surface area contributed by atoms with E-state index in [-0.39, 0.29) is 11.3 Å². The summed E-state index contributed by atoms with van der Waals surface area (Å²) in [4.78, 5) is 12.2. The van der Waals surface area contributed by atoms with Crippen molar-refractivity contribution in [2.75, 3.05) is 0 Å². The van der Waals surface area contributed by atoms with E-state index in [1.54, 1.807) is 0 Å². The van der Waals surface area contributed by atoms with Crippen LogP contribution in [0.1, 0.15) is 67.3 Å². The number of benzene rings is 2. The smallest absolute Gasteiger partial charge is 0.387 e. The number of hydrogen-bond acceptors (Lipinski definition) is 3. The van der Waals surface area contributed by atoms with Crippen LogP contribution in [0.4, 0.5) is 8.78 Å². The van der Waals surface area contributed by atoms with E-state index >= 15 is 0 Å². The van der Waals surface area contributed by atoms with Gasteiger partial charge in [0.2, 0.25) is 0 Å². The Bertz CT molecular complexity index is 748. The zero-order valence-corrected chi connectivity index (χ0v) is 16.1. The predicted octanol–water partition coefficient (Wildman–Crippen LogP) is 6.58. The molecule has 2 aromatic carbocycles. The Morgan fingerprint density at radius 3 is 2.14 bits per heavy atom. The van der Waals surface area contributed by atoms with Gasteiger partial charge in [-0.15, -0.1) is 0 Å². The Hall–Kier alpha value is -2.43. The number of halogens is 2. The maximum Gasteiger partial charge on any atom is 0.387 e. The molecule has 1 aliphatic carbocycles. The van der Waals surface area contributed by atoms with Crippen LogP contribution < -0.4 is 9.47 Å². The fourth-order valence-electron chi connectivity index (χ4n) is 3.94. The lowest BCUT2D eigenvalue weighted by Crippen LogP contribution is -2.13. The molecular formula is C23H26F2O3. The monoisotopic (exact) mass is 388 g/mol. The molecule has 150 valence electrons. The minimum Gasteiger partial charge on any atom is -0.435 e. The molecule has 0 heterocycles. The van der Waals surface area contributed by atoms with Crippen LogP contribution in [0, 0.1) is 5.92 Å². The third-order valence-corrected chi connectivity index (χ3v) is 5.42. The van der Waals surface area contributed by atoms with Gasteiger partial charge in [-0.1, -0.05) is 31.9 Å². The predicted molar refractivity (Wildman–Crippen MR) is 104 cm³/mol. The van der Waals surface area contributed by atoms with E-state index in [0.717, 1.165) is 5.92 Å². The molecule has 28 heavy (non-hydrogen) atoms. The zero-order chi connectivity index (χ0) is 19.9. The summed E-state index contributed by atoms with van der Waals surface area (Å²) in [5, 5.41) is 0. The first-order valence-corrected chi connectivity index (χ1v) is 9.92. The summed E-state index contributed by atoms with van der Waals surface area (Å²) in [6, 6.07) is 13.2. The van der Waals surface area contributed by atoms with Gasteiger partial charge in [0.1, 0.15) is 11.5 Å². The van der Waals surface area contributed by atoms with Gasteiger partial charge in [0.15, 0.2) is 0 Å². The highest BCUT2D eigenvalue weighted by Gasteiger charge is 2.22. The summed E-state index contributed by atoms with van der Waals surface area (Å²) in [5.41, 5.74) is 1.57. The Morgan fingerprint density at radius 1 is 0.964 bits per heavy atom. The first kappa shape index (κ1) is 20.3. The maximum absolute atomic E-state index is 12.2. The van der Waals surface area contributed by atoms with Gasteiger partial charge in [-0.05, 0) is 79.5 Å². The van der Waals surface area contributed by atoms with E-state index < -0.39 is 12.6 Å². The van der Waals surface area contributed by atoms with Crippen LogP contribution in [0.5, 0.6) is 11.5 Å². The Balaban J connectivity index is 1.54. The third-order valence-electron chi connectivity index (χ3n) is 5.42. The number of rotatable bonds is 7. The molecule has 0 atom stereocenters. The molecule has 0 amide bonds. The number of carbonyl (C=O) groups is 1. The lowest BCUT2D eigenvalue weighted by molar-refractivity contribution is -0.0498. The Morgan fingerprint density at radius 2 is 1.57 bits per heavy atom. The summed E-state index contributed by atoms with van der Waals surface area (Å²) in [6.45, 7) is -0.643. The van der Waals surface area contributed by atoms with E-state index in [2.05, 4.69) is 11.7 Å². The SMILES string of the molecule is CCC[C@H]1CC[C@H](c2ccc(OC(=O)c3ccc(OC(F)F)cc3)cc2)CC1. The summed E-state index contributed by atoms with van der Waals surface area (Å²) in [6.07, 6.45) is 7.61. The highest BCUT2D eigenvalue weighted by molar-refractivity contribution is 5.91. The first-order valence-electron chi connectivity index (χ1n) is 9.92. The second kappa shape index (κ2) is 9.67. The second-order valence-electron chi connectivity index (χ2n) is 7.37. The molecule has 0 unspecified atom stereocenters. The lowest BCUT2D eigenvalue weighted by Gasteiger charge is -2.28. The third kappa shape index (κ3) is 5.54. The molecule has 0 N–H and O–H groups in total. The van der Waals surface area contributed by atoms with Crippen LogP contribution in [-0.2, 0) is 0 Å². The molecule has 1 aliphatic rings. The molecule has 1 fully saturated rings. The average Bonchev–Trinajstić information content (AvgIpc) is 2.69. The zero-order valence-electron chi connectivity index (χ0n) is 16.1. The summed E-state index contributed by atoms with van der Waals surface area (Å²) < 4.78 is 34.0. The van der Waals surface area contributed by atoms with E-state index in [9.17, 15) is 13.6 Å². The molecule has 0 aromatic heterocycles. The van der Waals surface area contributed by atoms with E-state index in [1.165, 1.54) is 68.4 Å². The lowest BCUT2D eigenvalue weighted by atomic mass is 9.77. The van der Waals surface area contributed by atoms with Crippen molar-refractivity contribution in [3.8, 4) is 11.5 Å².